The molecule has 0 saturated carbocycles. The first kappa shape index (κ1) is 15.0. The Morgan fingerprint density at radius 1 is 1.14 bits per heavy atom. The fourth-order valence-corrected chi connectivity index (χ4v) is 2.74. The quantitative estimate of drug-likeness (QED) is 0.833. The fraction of sp³-hybridized carbons (Fsp3) is 0.188. The lowest BCUT2D eigenvalue weighted by atomic mass is 10.1. The Morgan fingerprint density at radius 2 is 1.86 bits per heavy atom. The molecule has 1 aliphatic rings. The van der Waals surface area contributed by atoms with Gasteiger partial charge in [0.05, 0.1) is 13.7 Å². The molecule has 6 heteroatoms. The number of rotatable bonds is 2. The summed E-state index contributed by atoms with van der Waals surface area (Å²) in [5.41, 5.74) is 1.55. The second-order valence-corrected chi connectivity index (χ2v) is 5.71. The van der Waals surface area contributed by atoms with E-state index in [0.29, 0.717) is 28.1 Å². The van der Waals surface area contributed by atoms with Crippen molar-refractivity contribution in [2.45, 2.75) is 6.54 Å². The van der Waals surface area contributed by atoms with Crippen molar-refractivity contribution in [1.29, 1.82) is 0 Å². The number of carbonyl (C=O) groups is 1. The average molecular weight is 338 g/mol. The summed E-state index contributed by atoms with van der Waals surface area (Å²) in [6.45, 7) is 0.292. The Kier molecular flexibility index (Phi) is 4.14. The average Bonchev–Trinajstić information content (AvgIpc) is 2.67. The highest BCUT2D eigenvalue weighted by atomic mass is 35.5. The topological polar surface area (TPSA) is 38.8 Å². The molecule has 2 aromatic rings. The molecule has 3 rings (SSSR count). The molecule has 0 radical (unpaired) electrons. The number of hydrogen-bond acceptors (Lipinski definition) is 3. The van der Waals surface area contributed by atoms with Gasteiger partial charge in [0.25, 0.3) is 5.91 Å². The van der Waals surface area contributed by atoms with Gasteiger partial charge in [-0.05, 0) is 30.3 Å². The summed E-state index contributed by atoms with van der Waals surface area (Å²) in [6.07, 6.45) is 0. The highest BCUT2D eigenvalue weighted by molar-refractivity contribution is 6.31. The zero-order chi connectivity index (χ0) is 15.7. The van der Waals surface area contributed by atoms with Gasteiger partial charge in [0, 0.05) is 27.4 Å². The van der Waals surface area contributed by atoms with Gasteiger partial charge >= 0.3 is 0 Å². The summed E-state index contributed by atoms with van der Waals surface area (Å²) < 4.78 is 10.9. The number of fused-ring (bicyclic) bond motifs is 1. The minimum Gasteiger partial charge on any atom is -0.493 e. The summed E-state index contributed by atoms with van der Waals surface area (Å²) >= 11 is 12.0. The summed E-state index contributed by atoms with van der Waals surface area (Å²) in [6, 6.07) is 10.5. The van der Waals surface area contributed by atoms with Gasteiger partial charge in [0.2, 0.25) is 0 Å². The van der Waals surface area contributed by atoms with Gasteiger partial charge in [-0.2, -0.15) is 0 Å². The molecule has 22 heavy (non-hydrogen) atoms. The van der Waals surface area contributed by atoms with Crippen LogP contribution in [-0.4, -0.2) is 19.6 Å². The molecule has 0 fully saturated rings. The van der Waals surface area contributed by atoms with Crippen LogP contribution >= 0.6 is 23.2 Å². The third-order valence-electron chi connectivity index (χ3n) is 3.42. The molecule has 0 spiro atoms. The molecule has 0 aliphatic carbocycles. The molecule has 114 valence electrons. The number of hydrogen-bond donors (Lipinski definition) is 0. The molecule has 0 aromatic heterocycles. The van der Waals surface area contributed by atoms with Gasteiger partial charge in [-0.1, -0.05) is 23.2 Å². The van der Waals surface area contributed by atoms with Crippen LogP contribution < -0.4 is 14.4 Å². The Balaban J connectivity index is 2.02. The normalized spacial score (nSPS) is 14.1. The second-order valence-electron chi connectivity index (χ2n) is 4.84. The predicted octanol–water partition coefficient (Wildman–Crippen LogP) is 3.93. The van der Waals surface area contributed by atoms with E-state index in [1.807, 2.05) is 0 Å². The van der Waals surface area contributed by atoms with E-state index in [1.165, 1.54) is 0 Å². The van der Waals surface area contributed by atoms with Crippen molar-refractivity contribution < 1.29 is 14.3 Å². The zero-order valence-electron chi connectivity index (χ0n) is 11.8. The predicted molar refractivity (Wildman–Crippen MR) is 86.1 cm³/mol. The van der Waals surface area contributed by atoms with Gasteiger partial charge in [0.15, 0.2) is 18.1 Å². The maximum absolute atomic E-state index is 12.3. The van der Waals surface area contributed by atoms with E-state index in [4.69, 9.17) is 32.7 Å². The smallest absolute Gasteiger partial charge is 0.265 e. The van der Waals surface area contributed by atoms with Gasteiger partial charge < -0.3 is 14.4 Å². The molecular weight excluding hydrogens is 325 g/mol. The van der Waals surface area contributed by atoms with Crippen LogP contribution in [0.1, 0.15) is 5.56 Å². The molecule has 0 N–H and O–H groups in total. The first-order valence-corrected chi connectivity index (χ1v) is 7.39. The first-order chi connectivity index (χ1) is 10.6. The molecule has 4 nitrogen and oxygen atoms in total. The molecule has 0 unspecified atom stereocenters. The molecule has 1 heterocycles. The lowest BCUT2D eigenvalue weighted by Gasteiger charge is -2.20. The maximum atomic E-state index is 12.3. The third kappa shape index (κ3) is 2.85. The van der Waals surface area contributed by atoms with Crippen LogP contribution in [0, 0.1) is 0 Å². The Bertz CT molecular complexity index is 716. The zero-order valence-corrected chi connectivity index (χ0v) is 13.3. The minimum atomic E-state index is -0.142. The van der Waals surface area contributed by atoms with Crippen LogP contribution in [0.2, 0.25) is 10.0 Å². The van der Waals surface area contributed by atoms with E-state index in [2.05, 4.69) is 0 Å². The number of nitrogens with zero attached hydrogens (tertiary/aromatic N) is 1. The van der Waals surface area contributed by atoms with Crippen LogP contribution in [0.15, 0.2) is 36.4 Å². The Labute approximate surface area is 138 Å². The SMILES string of the molecule is COc1cc(Cl)cc2c1OCC(=O)N(c1ccc(Cl)cc1)C2. The van der Waals surface area contributed by atoms with E-state index < -0.39 is 0 Å². The number of methoxy groups -OCH3 is 1. The number of amides is 1. The van der Waals surface area contributed by atoms with E-state index in [1.54, 1.807) is 48.4 Å². The van der Waals surface area contributed by atoms with Crippen LogP contribution in [0.5, 0.6) is 11.5 Å². The second kappa shape index (κ2) is 6.07. The number of benzene rings is 2. The standard InChI is InChI=1S/C16H13Cl2NO3/c1-21-14-7-12(18)6-10-8-19(15(20)9-22-16(10)14)13-4-2-11(17)3-5-13/h2-7H,8-9H2,1H3. The van der Waals surface area contributed by atoms with Crippen molar-refractivity contribution in [3.63, 3.8) is 0 Å². The Morgan fingerprint density at radius 3 is 2.55 bits per heavy atom. The van der Waals surface area contributed by atoms with Crippen molar-refractivity contribution in [2.24, 2.45) is 0 Å². The molecule has 0 bridgehead atoms. The summed E-state index contributed by atoms with van der Waals surface area (Å²) in [7, 11) is 1.54. The van der Waals surface area contributed by atoms with Crippen LogP contribution in [0.25, 0.3) is 0 Å². The largest absolute Gasteiger partial charge is 0.493 e. The molecular formula is C16H13Cl2NO3. The number of ether oxygens (including phenoxy) is 2. The number of anilines is 1. The van der Waals surface area contributed by atoms with E-state index in [-0.39, 0.29) is 12.5 Å². The minimum absolute atomic E-state index is 0.0619. The molecule has 0 atom stereocenters. The van der Waals surface area contributed by atoms with Crippen LogP contribution in [0.4, 0.5) is 5.69 Å². The van der Waals surface area contributed by atoms with E-state index in [0.717, 1.165) is 11.3 Å². The lowest BCUT2D eigenvalue weighted by molar-refractivity contribution is -0.120. The van der Waals surface area contributed by atoms with Crippen LogP contribution in [0.3, 0.4) is 0 Å². The molecule has 0 saturated heterocycles. The van der Waals surface area contributed by atoms with Crippen molar-refractivity contribution in [2.75, 3.05) is 18.6 Å². The van der Waals surface area contributed by atoms with Gasteiger partial charge in [-0.3, -0.25) is 4.79 Å². The highest BCUT2D eigenvalue weighted by Crippen LogP contribution is 2.37. The van der Waals surface area contributed by atoms with Gasteiger partial charge in [0.1, 0.15) is 0 Å². The highest BCUT2D eigenvalue weighted by Gasteiger charge is 2.25. The van der Waals surface area contributed by atoms with Crippen LogP contribution in [-0.2, 0) is 11.3 Å². The van der Waals surface area contributed by atoms with E-state index in [9.17, 15) is 4.79 Å². The maximum Gasteiger partial charge on any atom is 0.265 e. The Hall–Kier alpha value is -1.91. The van der Waals surface area contributed by atoms with Gasteiger partial charge in [-0.15, -0.1) is 0 Å². The third-order valence-corrected chi connectivity index (χ3v) is 3.89. The fourth-order valence-electron chi connectivity index (χ4n) is 2.38. The first-order valence-electron chi connectivity index (χ1n) is 6.63. The molecule has 1 amide bonds. The van der Waals surface area contributed by atoms with Crippen molar-refractivity contribution >= 4 is 34.8 Å². The number of halogens is 2. The van der Waals surface area contributed by atoms with Crippen molar-refractivity contribution in [3.05, 3.63) is 52.0 Å². The lowest BCUT2D eigenvalue weighted by Crippen LogP contribution is -2.32. The summed E-state index contributed by atoms with van der Waals surface area (Å²) in [5.74, 6) is 0.932. The molecule has 1 aliphatic heterocycles. The summed E-state index contributed by atoms with van der Waals surface area (Å²) in [5, 5.41) is 1.15. The molecule has 2 aromatic carbocycles. The van der Waals surface area contributed by atoms with E-state index >= 15 is 0 Å². The van der Waals surface area contributed by atoms with Gasteiger partial charge in [-0.25, -0.2) is 0 Å². The number of carbonyl (C=O) groups excluding carboxylic acids is 1. The monoisotopic (exact) mass is 337 g/mol. The van der Waals surface area contributed by atoms with Crippen molar-refractivity contribution in [1.82, 2.24) is 0 Å². The van der Waals surface area contributed by atoms with Crippen molar-refractivity contribution in [3.8, 4) is 11.5 Å². The summed E-state index contributed by atoms with van der Waals surface area (Å²) in [4.78, 5) is 14.0.